The van der Waals surface area contributed by atoms with Crippen LogP contribution in [0.15, 0.2) is 54.6 Å². The van der Waals surface area contributed by atoms with Crippen molar-refractivity contribution in [2.24, 2.45) is 0 Å². The van der Waals surface area contributed by atoms with Gasteiger partial charge in [0, 0.05) is 35.2 Å². The zero-order valence-corrected chi connectivity index (χ0v) is 18.6. The normalized spacial score (nSPS) is 10.5. The van der Waals surface area contributed by atoms with Crippen LogP contribution >= 0.6 is 0 Å². The number of hydrogen-bond donors (Lipinski definition) is 5. The van der Waals surface area contributed by atoms with Crippen molar-refractivity contribution in [1.29, 1.82) is 0 Å². The molecule has 0 atom stereocenters. The Morgan fingerprint density at radius 2 is 1.55 bits per heavy atom. The van der Waals surface area contributed by atoms with Crippen molar-refractivity contribution in [3.05, 3.63) is 65.9 Å². The number of hydrogen-bond acceptors (Lipinski definition) is 7. The number of rotatable bonds is 7. The van der Waals surface area contributed by atoms with E-state index in [9.17, 15) is 4.79 Å². The molecule has 0 aliphatic heterocycles. The first-order valence-corrected chi connectivity index (χ1v) is 10.5. The Hall–Kier alpha value is -4.47. The van der Waals surface area contributed by atoms with E-state index in [-0.39, 0.29) is 6.03 Å². The fourth-order valence-corrected chi connectivity index (χ4v) is 3.02. The minimum Gasteiger partial charge on any atom is -0.338 e. The Bertz CT molecular complexity index is 1230. The topological polar surface area (TPSA) is 133 Å². The molecular weight excluding hydrogens is 418 g/mol. The number of aromatic nitrogens is 5. The first kappa shape index (κ1) is 21.8. The number of carbonyl (C=O) groups excluding carboxylic acids is 1. The second-order valence-corrected chi connectivity index (χ2v) is 7.42. The lowest BCUT2D eigenvalue weighted by atomic mass is 10.1. The van der Waals surface area contributed by atoms with E-state index in [0.717, 1.165) is 22.5 Å². The number of aryl methyl sites for hydroxylation is 2. The van der Waals surface area contributed by atoms with Gasteiger partial charge in [-0.05, 0) is 45.0 Å². The summed E-state index contributed by atoms with van der Waals surface area (Å²) in [6, 6.07) is 16.8. The minimum atomic E-state index is -0.247. The summed E-state index contributed by atoms with van der Waals surface area (Å²) in [7, 11) is 0. The van der Waals surface area contributed by atoms with Crippen LogP contribution in [0.3, 0.4) is 0 Å². The second kappa shape index (κ2) is 9.77. The highest BCUT2D eigenvalue weighted by molar-refractivity contribution is 5.89. The smallest absolute Gasteiger partial charge is 0.319 e. The fraction of sp³-hybridized carbons (Fsp3) is 0.174. The maximum atomic E-state index is 11.7. The van der Waals surface area contributed by atoms with Gasteiger partial charge in [-0.15, -0.1) is 0 Å². The number of anilines is 5. The van der Waals surface area contributed by atoms with E-state index in [1.54, 1.807) is 12.1 Å². The molecule has 10 nitrogen and oxygen atoms in total. The standard InChI is InChI=1S/C23H25N9O/c1-4-24-23(33)26-18-11-9-17(10-12-18)25-21-28-20(16-7-5-14(2)6-8-16)29-22(30-21)27-19-13-15(3)31-32-19/h5-13H,4H2,1-3H3,(H2,24,26,33)(H3,25,27,28,29,30,31,32). The van der Waals surface area contributed by atoms with Crippen molar-refractivity contribution in [2.45, 2.75) is 20.8 Å². The molecule has 0 fully saturated rings. The lowest BCUT2D eigenvalue weighted by Gasteiger charge is -2.11. The number of carbonyl (C=O) groups is 1. The Kier molecular flexibility index (Phi) is 6.44. The summed E-state index contributed by atoms with van der Waals surface area (Å²) in [5, 5.41) is 18.9. The number of amides is 2. The van der Waals surface area contributed by atoms with E-state index in [2.05, 4.69) is 46.4 Å². The first-order valence-electron chi connectivity index (χ1n) is 10.5. The number of benzene rings is 2. The van der Waals surface area contributed by atoms with Gasteiger partial charge < -0.3 is 21.3 Å². The summed E-state index contributed by atoms with van der Waals surface area (Å²) in [5.74, 6) is 1.88. The van der Waals surface area contributed by atoms with Crippen molar-refractivity contribution in [3.63, 3.8) is 0 Å². The lowest BCUT2D eigenvalue weighted by molar-refractivity contribution is 0.252. The molecule has 0 saturated heterocycles. The van der Waals surface area contributed by atoms with Crippen molar-refractivity contribution >= 4 is 35.1 Å². The number of aromatic amines is 1. The Morgan fingerprint density at radius 1 is 0.879 bits per heavy atom. The molecule has 168 valence electrons. The van der Waals surface area contributed by atoms with Gasteiger partial charge in [-0.1, -0.05) is 29.8 Å². The SMILES string of the molecule is CCNC(=O)Nc1ccc(Nc2nc(Nc3cc(C)[nH]n3)nc(-c3ccc(C)cc3)n2)cc1. The van der Waals surface area contributed by atoms with Crippen LogP contribution in [0.1, 0.15) is 18.2 Å². The van der Waals surface area contributed by atoms with Gasteiger partial charge in [-0.2, -0.15) is 20.1 Å². The Morgan fingerprint density at radius 3 is 2.18 bits per heavy atom. The van der Waals surface area contributed by atoms with Crippen LogP contribution in [0.5, 0.6) is 0 Å². The third-order valence-corrected chi connectivity index (χ3v) is 4.63. The monoisotopic (exact) mass is 443 g/mol. The maximum absolute atomic E-state index is 11.7. The molecule has 0 spiro atoms. The molecule has 0 bridgehead atoms. The first-order chi connectivity index (χ1) is 16.0. The highest BCUT2D eigenvalue weighted by Gasteiger charge is 2.11. The van der Waals surface area contributed by atoms with Crippen molar-refractivity contribution in [2.75, 3.05) is 22.5 Å². The van der Waals surface area contributed by atoms with Gasteiger partial charge in [-0.25, -0.2) is 4.79 Å². The largest absolute Gasteiger partial charge is 0.338 e. The summed E-state index contributed by atoms with van der Waals surface area (Å²) in [5.41, 5.74) is 4.38. The van der Waals surface area contributed by atoms with Crippen LogP contribution in [0.2, 0.25) is 0 Å². The molecule has 4 rings (SSSR count). The zero-order valence-electron chi connectivity index (χ0n) is 18.6. The van der Waals surface area contributed by atoms with Crippen LogP contribution < -0.4 is 21.3 Å². The third kappa shape index (κ3) is 5.82. The van der Waals surface area contributed by atoms with E-state index >= 15 is 0 Å². The van der Waals surface area contributed by atoms with Gasteiger partial charge in [0.05, 0.1) is 0 Å². The highest BCUT2D eigenvalue weighted by Crippen LogP contribution is 2.23. The van der Waals surface area contributed by atoms with Gasteiger partial charge >= 0.3 is 6.03 Å². The van der Waals surface area contributed by atoms with Gasteiger partial charge in [0.2, 0.25) is 11.9 Å². The number of nitrogens with one attached hydrogen (secondary N) is 5. The molecule has 0 aliphatic carbocycles. The molecule has 10 heteroatoms. The molecule has 0 saturated carbocycles. The van der Waals surface area contributed by atoms with Gasteiger partial charge in [0.1, 0.15) is 0 Å². The highest BCUT2D eigenvalue weighted by atomic mass is 16.2. The summed E-state index contributed by atoms with van der Waals surface area (Å²) >= 11 is 0. The Labute approximate surface area is 191 Å². The molecule has 4 aromatic rings. The van der Waals surface area contributed by atoms with Crippen molar-refractivity contribution < 1.29 is 4.79 Å². The van der Waals surface area contributed by atoms with Gasteiger partial charge in [-0.3, -0.25) is 5.10 Å². The molecule has 0 unspecified atom stereocenters. The Balaban J connectivity index is 1.59. The van der Waals surface area contributed by atoms with Crippen LogP contribution in [-0.4, -0.2) is 37.7 Å². The molecule has 2 aromatic carbocycles. The second-order valence-electron chi connectivity index (χ2n) is 7.42. The minimum absolute atomic E-state index is 0.247. The zero-order chi connectivity index (χ0) is 23.2. The molecule has 0 aliphatic rings. The summed E-state index contributed by atoms with van der Waals surface area (Å²) < 4.78 is 0. The number of H-pyrrole nitrogens is 1. The van der Waals surface area contributed by atoms with E-state index in [1.807, 2.05) is 63.2 Å². The average molecular weight is 444 g/mol. The number of nitrogens with zero attached hydrogens (tertiary/aromatic N) is 4. The van der Waals surface area contributed by atoms with E-state index in [4.69, 9.17) is 0 Å². The summed E-state index contributed by atoms with van der Waals surface area (Å²) in [6.45, 7) is 6.37. The molecule has 33 heavy (non-hydrogen) atoms. The van der Waals surface area contributed by atoms with Crippen LogP contribution in [0.25, 0.3) is 11.4 Å². The van der Waals surface area contributed by atoms with E-state index in [1.165, 1.54) is 0 Å². The van der Waals surface area contributed by atoms with E-state index in [0.29, 0.717) is 35.8 Å². The molecule has 2 aromatic heterocycles. The van der Waals surface area contributed by atoms with Gasteiger partial charge in [0.25, 0.3) is 0 Å². The summed E-state index contributed by atoms with van der Waals surface area (Å²) in [4.78, 5) is 25.3. The van der Waals surface area contributed by atoms with Crippen molar-refractivity contribution in [3.8, 4) is 11.4 Å². The average Bonchev–Trinajstić information content (AvgIpc) is 3.20. The fourth-order valence-electron chi connectivity index (χ4n) is 3.02. The van der Waals surface area contributed by atoms with E-state index < -0.39 is 0 Å². The predicted octanol–water partition coefficient (Wildman–Crippen LogP) is 4.51. The number of urea groups is 1. The molecular formula is C23H25N9O. The van der Waals surface area contributed by atoms with Crippen LogP contribution in [0.4, 0.5) is 33.9 Å². The molecule has 0 radical (unpaired) electrons. The summed E-state index contributed by atoms with van der Waals surface area (Å²) in [6.07, 6.45) is 0. The molecule has 2 heterocycles. The maximum Gasteiger partial charge on any atom is 0.319 e. The predicted molar refractivity (Wildman–Crippen MR) is 129 cm³/mol. The van der Waals surface area contributed by atoms with Crippen LogP contribution in [-0.2, 0) is 0 Å². The van der Waals surface area contributed by atoms with Gasteiger partial charge in [0.15, 0.2) is 11.6 Å². The molecule has 5 N–H and O–H groups in total. The third-order valence-electron chi connectivity index (χ3n) is 4.63. The molecule has 2 amide bonds. The lowest BCUT2D eigenvalue weighted by Crippen LogP contribution is -2.28. The van der Waals surface area contributed by atoms with Crippen molar-refractivity contribution in [1.82, 2.24) is 30.5 Å². The van der Waals surface area contributed by atoms with Crippen LogP contribution in [0, 0.1) is 13.8 Å². The quantitative estimate of drug-likeness (QED) is 0.284.